The van der Waals surface area contributed by atoms with Crippen molar-refractivity contribution in [1.82, 2.24) is 0 Å². The monoisotopic (exact) mass is 430 g/mol. The topological polar surface area (TPSA) is 101 Å². The van der Waals surface area contributed by atoms with E-state index in [2.05, 4.69) is 0 Å². The molecule has 0 aliphatic rings. The number of aryl methyl sites for hydroxylation is 2. The summed E-state index contributed by atoms with van der Waals surface area (Å²) in [5.74, 6) is -1.35. The van der Waals surface area contributed by atoms with E-state index in [4.69, 9.17) is 9.84 Å². The summed E-state index contributed by atoms with van der Waals surface area (Å²) >= 11 is 0. The van der Waals surface area contributed by atoms with Crippen molar-refractivity contribution < 1.29 is 32.6 Å². The molecule has 0 saturated carbocycles. The van der Waals surface area contributed by atoms with E-state index < -0.39 is 27.4 Å². The number of carboxylic acids is 1. The van der Waals surface area contributed by atoms with Gasteiger partial charge in [-0.05, 0) is 66.9 Å². The maximum Gasteiger partial charge on any atom is 0.307 e. The van der Waals surface area contributed by atoms with E-state index in [1.165, 1.54) is 18.2 Å². The van der Waals surface area contributed by atoms with Crippen LogP contribution >= 0.6 is 0 Å². The molecule has 156 valence electrons. The van der Waals surface area contributed by atoms with Crippen molar-refractivity contribution in [2.75, 3.05) is 0 Å². The van der Waals surface area contributed by atoms with E-state index in [1.807, 2.05) is 0 Å². The lowest BCUT2D eigenvalue weighted by atomic mass is 10.0. The highest BCUT2D eigenvalue weighted by Gasteiger charge is 2.23. The number of benzene rings is 3. The van der Waals surface area contributed by atoms with Gasteiger partial charge in [0, 0.05) is 6.07 Å². The van der Waals surface area contributed by atoms with E-state index in [1.54, 1.807) is 26.0 Å². The molecule has 0 radical (unpaired) electrons. The highest BCUT2D eigenvalue weighted by atomic mass is 32.2. The Kier molecular flexibility index (Phi) is 5.80. The predicted octanol–water partition coefficient (Wildman–Crippen LogP) is 4.40. The molecule has 0 amide bonds. The number of carboxylic acid groups (broad SMARTS) is 1. The summed E-state index contributed by atoms with van der Waals surface area (Å²) in [6, 6.07) is 11.5. The molecule has 0 spiro atoms. The fourth-order valence-electron chi connectivity index (χ4n) is 3.11. The van der Waals surface area contributed by atoms with Crippen molar-refractivity contribution in [2.24, 2.45) is 0 Å². The van der Waals surface area contributed by atoms with Gasteiger partial charge in [0.05, 0.1) is 11.3 Å². The molecule has 0 unspecified atom stereocenters. The van der Waals surface area contributed by atoms with Crippen molar-refractivity contribution in [3.8, 4) is 17.2 Å². The van der Waals surface area contributed by atoms with Gasteiger partial charge in [0.25, 0.3) is 0 Å². The molecule has 0 aromatic heterocycles. The van der Waals surface area contributed by atoms with Crippen LogP contribution in [-0.4, -0.2) is 24.6 Å². The zero-order valence-electron chi connectivity index (χ0n) is 16.2. The Hall–Kier alpha value is -3.39. The summed E-state index contributed by atoms with van der Waals surface area (Å²) in [5, 5.41) is 19.1. The Morgan fingerprint density at radius 3 is 2.17 bits per heavy atom. The van der Waals surface area contributed by atoms with Crippen molar-refractivity contribution in [3.05, 3.63) is 77.1 Å². The van der Waals surface area contributed by atoms with Crippen LogP contribution in [-0.2, 0) is 21.1 Å². The molecular weight excluding hydrogens is 411 g/mol. The third-order valence-electron chi connectivity index (χ3n) is 4.44. The van der Waals surface area contributed by atoms with E-state index in [9.17, 15) is 22.7 Å². The fourth-order valence-corrected chi connectivity index (χ4v) is 4.47. The Morgan fingerprint density at radius 1 is 1.00 bits per heavy atom. The quantitative estimate of drug-likeness (QED) is 0.562. The van der Waals surface area contributed by atoms with Crippen LogP contribution in [0.4, 0.5) is 4.39 Å². The average molecular weight is 430 g/mol. The molecule has 0 saturated heterocycles. The minimum atomic E-state index is -4.10. The zero-order chi connectivity index (χ0) is 22.1. The number of halogens is 1. The lowest BCUT2D eigenvalue weighted by Gasteiger charge is -2.15. The van der Waals surface area contributed by atoms with Crippen LogP contribution in [0, 0.1) is 19.7 Å². The second kappa shape index (κ2) is 8.16. The van der Waals surface area contributed by atoms with Gasteiger partial charge in [0.1, 0.15) is 28.0 Å². The molecule has 0 aliphatic carbocycles. The standard InChI is InChI=1S/C22H19FO6S/c1-13-9-15(11-21(25)26)10-14(2)22(13)29-17-5-8-19(24)20(12-17)30(27,28)18-6-3-16(23)4-7-18/h3-10,12,24H,11H2,1-2H3,(H,25,26). The van der Waals surface area contributed by atoms with Crippen molar-refractivity contribution >= 4 is 15.8 Å². The lowest BCUT2D eigenvalue weighted by molar-refractivity contribution is -0.136. The van der Waals surface area contributed by atoms with Crippen LogP contribution < -0.4 is 4.74 Å². The summed E-state index contributed by atoms with van der Waals surface area (Å²) < 4.78 is 44.7. The highest BCUT2D eigenvalue weighted by Crippen LogP contribution is 2.35. The molecule has 3 aromatic carbocycles. The number of carbonyl (C=O) groups is 1. The third kappa shape index (κ3) is 4.44. The van der Waals surface area contributed by atoms with Crippen molar-refractivity contribution in [1.29, 1.82) is 0 Å². The zero-order valence-corrected chi connectivity index (χ0v) is 17.0. The van der Waals surface area contributed by atoms with Gasteiger partial charge in [-0.2, -0.15) is 0 Å². The second-order valence-electron chi connectivity index (χ2n) is 6.82. The Bertz CT molecular complexity index is 1190. The minimum Gasteiger partial charge on any atom is -0.507 e. The highest BCUT2D eigenvalue weighted by molar-refractivity contribution is 7.91. The maximum atomic E-state index is 13.1. The van der Waals surface area contributed by atoms with E-state index >= 15 is 0 Å². The van der Waals surface area contributed by atoms with Gasteiger partial charge in [-0.3, -0.25) is 4.79 Å². The second-order valence-corrected chi connectivity index (χ2v) is 8.74. The first-order chi connectivity index (χ1) is 14.1. The van der Waals surface area contributed by atoms with Crippen LogP contribution in [0.1, 0.15) is 16.7 Å². The first-order valence-corrected chi connectivity index (χ1v) is 10.4. The Labute approximate surface area is 173 Å². The number of hydrogen-bond donors (Lipinski definition) is 2. The van der Waals surface area contributed by atoms with Gasteiger partial charge in [0.2, 0.25) is 9.84 Å². The normalized spacial score (nSPS) is 11.3. The number of hydrogen-bond acceptors (Lipinski definition) is 5. The summed E-state index contributed by atoms with van der Waals surface area (Å²) in [7, 11) is -4.10. The first-order valence-electron chi connectivity index (χ1n) is 8.91. The molecule has 30 heavy (non-hydrogen) atoms. The number of ether oxygens (including phenoxy) is 1. The summed E-state index contributed by atoms with van der Waals surface area (Å²) in [5.41, 5.74) is 1.99. The Balaban J connectivity index is 1.98. The molecule has 0 bridgehead atoms. The number of phenolic OH excluding ortho intramolecular Hbond substituents is 1. The molecule has 0 aliphatic heterocycles. The number of phenols is 1. The molecular formula is C22H19FO6S. The fraction of sp³-hybridized carbons (Fsp3) is 0.136. The minimum absolute atomic E-state index is 0.124. The van der Waals surface area contributed by atoms with Crippen molar-refractivity contribution in [2.45, 2.75) is 30.1 Å². The summed E-state index contributed by atoms with van der Waals surface area (Å²) in [6.07, 6.45) is -0.124. The Morgan fingerprint density at radius 2 is 1.60 bits per heavy atom. The average Bonchev–Trinajstić information content (AvgIpc) is 2.65. The molecule has 3 aromatic rings. The van der Waals surface area contributed by atoms with Gasteiger partial charge in [-0.1, -0.05) is 12.1 Å². The number of aromatic hydroxyl groups is 1. The van der Waals surface area contributed by atoms with E-state index in [-0.39, 0.29) is 22.0 Å². The van der Waals surface area contributed by atoms with Crippen LogP contribution in [0.25, 0.3) is 0 Å². The van der Waals surface area contributed by atoms with Crippen LogP contribution in [0.15, 0.2) is 64.4 Å². The van der Waals surface area contributed by atoms with Crippen molar-refractivity contribution in [3.63, 3.8) is 0 Å². The molecule has 8 heteroatoms. The van der Waals surface area contributed by atoms with E-state index in [0.29, 0.717) is 22.4 Å². The molecule has 3 rings (SSSR count). The molecule has 0 fully saturated rings. The summed E-state index contributed by atoms with van der Waals surface area (Å²) in [4.78, 5) is 10.4. The molecule has 6 nitrogen and oxygen atoms in total. The summed E-state index contributed by atoms with van der Waals surface area (Å²) in [6.45, 7) is 3.51. The number of sulfone groups is 1. The van der Waals surface area contributed by atoms with Gasteiger partial charge < -0.3 is 14.9 Å². The SMILES string of the molecule is Cc1cc(CC(=O)O)cc(C)c1Oc1ccc(O)c(S(=O)(=O)c2ccc(F)cc2)c1. The van der Waals surface area contributed by atoms with Crippen LogP contribution in [0.5, 0.6) is 17.2 Å². The lowest BCUT2D eigenvalue weighted by Crippen LogP contribution is -2.04. The van der Waals surface area contributed by atoms with Crippen LogP contribution in [0.3, 0.4) is 0 Å². The molecule has 0 atom stereocenters. The van der Waals surface area contributed by atoms with Gasteiger partial charge in [-0.15, -0.1) is 0 Å². The first kappa shape index (κ1) is 21.3. The van der Waals surface area contributed by atoms with Gasteiger partial charge in [-0.25, -0.2) is 12.8 Å². The third-order valence-corrected chi connectivity index (χ3v) is 6.24. The van der Waals surface area contributed by atoms with Crippen LogP contribution in [0.2, 0.25) is 0 Å². The molecule has 2 N–H and O–H groups in total. The largest absolute Gasteiger partial charge is 0.507 e. The van der Waals surface area contributed by atoms with Gasteiger partial charge >= 0.3 is 5.97 Å². The van der Waals surface area contributed by atoms with E-state index in [0.717, 1.165) is 24.3 Å². The molecule has 0 heterocycles. The number of rotatable bonds is 6. The van der Waals surface area contributed by atoms with Gasteiger partial charge in [0.15, 0.2) is 0 Å². The maximum absolute atomic E-state index is 13.1. The smallest absolute Gasteiger partial charge is 0.307 e. The predicted molar refractivity (Wildman–Crippen MR) is 107 cm³/mol. The number of aliphatic carboxylic acids is 1.